The van der Waals surface area contributed by atoms with E-state index in [4.69, 9.17) is 0 Å². The maximum atomic E-state index is 13.2. The summed E-state index contributed by atoms with van der Waals surface area (Å²) in [6.45, 7) is 9.38. The molecular formula is C15H22FN. The van der Waals surface area contributed by atoms with Crippen LogP contribution in [0.2, 0.25) is 0 Å². The van der Waals surface area contributed by atoms with Gasteiger partial charge in [0.15, 0.2) is 0 Å². The van der Waals surface area contributed by atoms with Crippen LogP contribution in [0.1, 0.15) is 38.3 Å². The standard InChI is InChI=1S/C15H22FN/c1-5-8-17-13(4)12(3)9-14-10-15(16)7-6-11(14)2/h6-7,9-10,13,17H,5,8H2,1-4H3/b12-9+. The Labute approximate surface area is 104 Å². The van der Waals surface area contributed by atoms with Gasteiger partial charge in [-0.2, -0.15) is 0 Å². The Kier molecular flexibility index (Phi) is 5.36. The summed E-state index contributed by atoms with van der Waals surface area (Å²) in [6.07, 6.45) is 3.18. The fourth-order valence-corrected chi connectivity index (χ4v) is 1.66. The van der Waals surface area contributed by atoms with Gasteiger partial charge in [0, 0.05) is 6.04 Å². The van der Waals surface area contributed by atoms with E-state index in [0.717, 1.165) is 24.1 Å². The van der Waals surface area contributed by atoms with E-state index in [1.54, 1.807) is 6.07 Å². The molecule has 17 heavy (non-hydrogen) atoms. The van der Waals surface area contributed by atoms with Crippen molar-refractivity contribution in [3.8, 4) is 0 Å². The summed E-state index contributed by atoms with van der Waals surface area (Å²) in [5.41, 5.74) is 3.30. The molecule has 0 radical (unpaired) electrons. The second-order valence-electron chi connectivity index (χ2n) is 4.57. The van der Waals surface area contributed by atoms with Crippen LogP contribution < -0.4 is 5.32 Å². The lowest BCUT2D eigenvalue weighted by Crippen LogP contribution is -2.27. The molecule has 0 heterocycles. The summed E-state index contributed by atoms with van der Waals surface area (Å²) in [4.78, 5) is 0. The van der Waals surface area contributed by atoms with E-state index in [1.807, 2.05) is 13.0 Å². The van der Waals surface area contributed by atoms with E-state index in [9.17, 15) is 4.39 Å². The molecule has 1 atom stereocenters. The quantitative estimate of drug-likeness (QED) is 0.815. The number of benzene rings is 1. The van der Waals surface area contributed by atoms with Crippen molar-refractivity contribution in [2.45, 2.75) is 40.2 Å². The van der Waals surface area contributed by atoms with Gasteiger partial charge in [-0.25, -0.2) is 4.39 Å². The first-order chi connectivity index (χ1) is 8.04. The van der Waals surface area contributed by atoms with E-state index in [0.29, 0.717) is 6.04 Å². The highest BCUT2D eigenvalue weighted by Gasteiger charge is 2.04. The van der Waals surface area contributed by atoms with Gasteiger partial charge in [-0.05, 0) is 57.0 Å². The van der Waals surface area contributed by atoms with Crippen molar-refractivity contribution in [1.29, 1.82) is 0 Å². The Morgan fingerprint density at radius 3 is 2.82 bits per heavy atom. The van der Waals surface area contributed by atoms with Gasteiger partial charge < -0.3 is 5.32 Å². The Bertz CT molecular complexity index is 396. The van der Waals surface area contributed by atoms with E-state index >= 15 is 0 Å². The Morgan fingerprint density at radius 2 is 2.18 bits per heavy atom. The molecule has 0 spiro atoms. The first kappa shape index (κ1) is 13.9. The largest absolute Gasteiger partial charge is 0.311 e. The van der Waals surface area contributed by atoms with Crippen LogP contribution in [0.4, 0.5) is 4.39 Å². The zero-order valence-corrected chi connectivity index (χ0v) is 11.2. The summed E-state index contributed by atoms with van der Waals surface area (Å²) < 4.78 is 13.2. The second kappa shape index (κ2) is 6.55. The number of nitrogens with one attached hydrogen (secondary N) is 1. The monoisotopic (exact) mass is 235 g/mol. The minimum atomic E-state index is -0.177. The van der Waals surface area contributed by atoms with E-state index in [-0.39, 0.29) is 5.82 Å². The number of rotatable bonds is 5. The zero-order valence-electron chi connectivity index (χ0n) is 11.2. The van der Waals surface area contributed by atoms with Crippen LogP contribution in [-0.2, 0) is 0 Å². The minimum Gasteiger partial charge on any atom is -0.311 e. The van der Waals surface area contributed by atoms with Crippen LogP contribution in [0.15, 0.2) is 23.8 Å². The van der Waals surface area contributed by atoms with Gasteiger partial charge in [-0.3, -0.25) is 0 Å². The van der Waals surface area contributed by atoms with Crippen LogP contribution in [0.5, 0.6) is 0 Å². The van der Waals surface area contributed by atoms with Crippen molar-refractivity contribution >= 4 is 6.08 Å². The van der Waals surface area contributed by atoms with Gasteiger partial charge in [-0.15, -0.1) is 0 Å². The van der Waals surface area contributed by atoms with Crippen molar-refractivity contribution in [3.05, 3.63) is 40.7 Å². The molecule has 0 aliphatic carbocycles. The molecule has 0 fully saturated rings. The predicted octanol–water partition coefficient (Wildman–Crippen LogP) is 3.93. The molecule has 1 N–H and O–H groups in total. The second-order valence-corrected chi connectivity index (χ2v) is 4.57. The highest BCUT2D eigenvalue weighted by molar-refractivity contribution is 5.57. The smallest absolute Gasteiger partial charge is 0.123 e. The minimum absolute atomic E-state index is 0.177. The fourth-order valence-electron chi connectivity index (χ4n) is 1.66. The maximum Gasteiger partial charge on any atom is 0.123 e. The first-order valence-electron chi connectivity index (χ1n) is 6.22. The third-order valence-electron chi connectivity index (χ3n) is 3.01. The summed E-state index contributed by atoms with van der Waals surface area (Å²) in [5.74, 6) is -0.177. The molecule has 1 aromatic rings. The Balaban J connectivity index is 2.82. The summed E-state index contributed by atoms with van der Waals surface area (Å²) in [7, 11) is 0. The molecule has 1 aromatic carbocycles. The molecule has 0 bridgehead atoms. The Morgan fingerprint density at radius 1 is 1.47 bits per heavy atom. The SMILES string of the molecule is CCCNC(C)/C(C)=C/c1cc(F)ccc1C. The average molecular weight is 235 g/mol. The van der Waals surface area contributed by atoms with Gasteiger partial charge in [0.25, 0.3) is 0 Å². The van der Waals surface area contributed by atoms with Gasteiger partial charge in [0.05, 0.1) is 0 Å². The van der Waals surface area contributed by atoms with Crippen LogP contribution in [0.3, 0.4) is 0 Å². The lowest BCUT2D eigenvalue weighted by Gasteiger charge is -2.14. The van der Waals surface area contributed by atoms with Crippen LogP contribution in [0.25, 0.3) is 6.08 Å². The third-order valence-corrected chi connectivity index (χ3v) is 3.01. The highest BCUT2D eigenvalue weighted by atomic mass is 19.1. The average Bonchev–Trinajstić information content (AvgIpc) is 2.30. The molecule has 0 aliphatic heterocycles. The van der Waals surface area contributed by atoms with Crippen molar-refractivity contribution in [3.63, 3.8) is 0 Å². The van der Waals surface area contributed by atoms with Crippen molar-refractivity contribution < 1.29 is 4.39 Å². The van der Waals surface area contributed by atoms with Gasteiger partial charge in [0.1, 0.15) is 5.82 Å². The number of hydrogen-bond acceptors (Lipinski definition) is 1. The van der Waals surface area contributed by atoms with E-state index < -0.39 is 0 Å². The molecule has 0 aromatic heterocycles. The molecule has 94 valence electrons. The fraction of sp³-hybridized carbons (Fsp3) is 0.467. The molecule has 0 aliphatic rings. The molecule has 1 rings (SSSR count). The van der Waals surface area contributed by atoms with E-state index in [1.165, 1.54) is 11.6 Å². The lowest BCUT2D eigenvalue weighted by atomic mass is 10.0. The molecule has 0 amide bonds. The Hall–Kier alpha value is -1.15. The van der Waals surface area contributed by atoms with Crippen LogP contribution >= 0.6 is 0 Å². The zero-order chi connectivity index (χ0) is 12.8. The van der Waals surface area contributed by atoms with Crippen molar-refractivity contribution in [2.24, 2.45) is 0 Å². The van der Waals surface area contributed by atoms with Crippen LogP contribution in [-0.4, -0.2) is 12.6 Å². The first-order valence-corrected chi connectivity index (χ1v) is 6.22. The number of aryl methyl sites for hydroxylation is 1. The lowest BCUT2D eigenvalue weighted by molar-refractivity contribution is 0.604. The number of hydrogen-bond donors (Lipinski definition) is 1. The van der Waals surface area contributed by atoms with Crippen LogP contribution in [0, 0.1) is 12.7 Å². The van der Waals surface area contributed by atoms with E-state index in [2.05, 4.69) is 32.2 Å². The number of halogens is 1. The topological polar surface area (TPSA) is 12.0 Å². The highest BCUT2D eigenvalue weighted by Crippen LogP contribution is 2.15. The molecule has 2 heteroatoms. The third kappa shape index (κ3) is 4.31. The predicted molar refractivity (Wildman–Crippen MR) is 72.5 cm³/mol. The molecule has 0 saturated heterocycles. The summed E-state index contributed by atoms with van der Waals surface area (Å²) in [5, 5.41) is 3.42. The van der Waals surface area contributed by atoms with Gasteiger partial charge in [-0.1, -0.05) is 24.6 Å². The van der Waals surface area contributed by atoms with Gasteiger partial charge in [0.2, 0.25) is 0 Å². The molecule has 1 nitrogen and oxygen atoms in total. The van der Waals surface area contributed by atoms with Crippen molar-refractivity contribution in [1.82, 2.24) is 5.32 Å². The summed E-state index contributed by atoms with van der Waals surface area (Å²) >= 11 is 0. The summed E-state index contributed by atoms with van der Waals surface area (Å²) in [6, 6.07) is 5.24. The molecular weight excluding hydrogens is 213 g/mol. The molecule has 1 unspecified atom stereocenters. The van der Waals surface area contributed by atoms with Gasteiger partial charge >= 0.3 is 0 Å². The maximum absolute atomic E-state index is 13.2. The molecule has 0 saturated carbocycles. The normalized spacial score (nSPS) is 13.8. The van der Waals surface area contributed by atoms with Crippen molar-refractivity contribution in [2.75, 3.05) is 6.54 Å².